The van der Waals surface area contributed by atoms with Gasteiger partial charge in [0.15, 0.2) is 0 Å². The lowest BCUT2D eigenvalue weighted by atomic mass is 10.1. The van der Waals surface area contributed by atoms with Gasteiger partial charge in [0.05, 0.1) is 0 Å². The molecule has 0 amide bonds. The Bertz CT molecular complexity index is 652. The lowest BCUT2D eigenvalue weighted by Gasteiger charge is -1.96. The van der Waals surface area contributed by atoms with E-state index in [0.717, 1.165) is 33.2 Å². The average molecular weight is 197 g/mol. The Kier molecular flexibility index (Phi) is 1.45. The van der Waals surface area contributed by atoms with Gasteiger partial charge in [0, 0.05) is 33.2 Å². The third-order valence-electron chi connectivity index (χ3n) is 2.68. The minimum Gasteiger partial charge on any atom is -0.399 e. The molecule has 0 saturated heterocycles. The molecule has 1 aromatic heterocycles. The molecule has 0 aliphatic heterocycles. The number of fused-ring (bicyclic) bond motifs is 3. The summed E-state index contributed by atoms with van der Waals surface area (Å²) in [5.41, 5.74) is 15.4. The summed E-state index contributed by atoms with van der Waals surface area (Å²) in [6, 6.07) is 11.7. The number of H-pyrrole nitrogens is 1. The van der Waals surface area contributed by atoms with Crippen molar-refractivity contribution < 1.29 is 0 Å². The largest absolute Gasteiger partial charge is 0.399 e. The van der Waals surface area contributed by atoms with Gasteiger partial charge in [-0.25, -0.2) is 0 Å². The van der Waals surface area contributed by atoms with E-state index < -0.39 is 0 Å². The normalized spacial score (nSPS) is 11.2. The molecule has 1 heterocycles. The second-order valence-corrected chi connectivity index (χ2v) is 3.70. The Morgan fingerprint density at radius 3 is 2.67 bits per heavy atom. The molecule has 0 fully saturated rings. The van der Waals surface area contributed by atoms with E-state index in [-0.39, 0.29) is 0 Å². The van der Waals surface area contributed by atoms with Gasteiger partial charge in [-0.15, -0.1) is 0 Å². The second-order valence-electron chi connectivity index (χ2n) is 3.70. The molecule has 15 heavy (non-hydrogen) atoms. The Balaban J connectivity index is 2.61. The van der Waals surface area contributed by atoms with Gasteiger partial charge < -0.3 is 16.5 Å². The number of aromatic amines is 1. The first-order chi connectivity index (χ1) is 7.25. The van der Waals surface area contributed by atoms with Crippen LogP contribution in [0.25, 0.3) is 21.8 Å². The predicted molar refractivity (Wildman–Crippen MR) is 64.6 cm³/mol. The number of hydrogen-bond donors (Lipinski definition) is 3. The van der Waals surface area contributed by atoms with Crippen LogP contribution in [0.15, 0.2) is 36.4 Å². The van der Waals surface area contributed by atoms with Crippen molar-refractivity contribution in [1.82, 2.24) is 4.98 Å². The van der Waals surface area contributed by atoms with Gasteiger partial charge in [-0.3, -0.25) is 0 Å². The molecule has 0 bridgehead atoms. The third-order valence-corrected chi connectivity index (χ3v) is 2.68. The highest BCUT2D eigenvalue weighted by Crippen LogP contribution is 2.30. The maximum absolute atomic E-state index is 5.96. The minimum atomic E-state index is 0.756. The Morgan fingerprint density at radius 1 is 0.933 bits per heavy atom. The van der Waals surface area contributed by atoms with Gasteiger partial charge in [0.25, 0.3) is 0 Å². The van der Waals surface area contributed by atoms with Crippen molar-refractivity contribution in [2.75, 3.05) is 11.5 Å². The summed E-state index contributed by atoms with van der Waals surface area (Å²) in [7, 11) is 0. The van der Waals surface area contributed by atoms with Gasteiger partial charge in [-0.2, -0.15) is 0 Å². The number of anilines is 2. The van der Waals surface area contributed by atoms with E-state index in [0.29, 0.717) is 0 Å². The number of rotatable bonds is 0. The summed E-state index contributed by atoms with van der Waals surface area (Å²) < 4.78 is 0. The fourth-order valence-corrected chi connectivity index (χ4v) is 2.00. The molecular formula is C12H11N3. The van der Waals surface area contributed by atoms with Crippen LogP contribution in [-0.4, -0.2) is 4.98 Å². The number of nitrogen functional groups attached to an aromatic ring is 2. The molecule has 3 nitrogen and oxygen atoms in total. The van der Waals surface area contributed by atoms with Crippen LogP contribution in [-0.2, 0) is 0 Å². The van der Waals surface area contributed by atoms with Crippen molar-refractivity contribution in [3.05, 3.63) is 36.4 Å². The molecular weight excluding hydrogens is 186 g/mol. The first-order valence-corrected chi connectivity index (χ1v) is 4.81. The number of nitrogens with two attached hydrogens (primary N) is 2. The Hall–Kier alpha value is -2.16. The summed E-state index contributed by atoms with van der Waals surface area (Å²) >= 11 is 0. The summed E-state index contributed by atoms with van der Waals surface area (Å²) in [5, 5.41) is 2.14. The highest BCUT2D eigenvalue weighted by atomic mass is 14.7. The highest BCUT2D eigenvalue weighted by molar-refractivity contribution is 6.13. The lowest BCUT2D eigenvalue weighted by molar-refractivity contribution is 1.55. The van der Waals surface area contributed by atoms with Crippen LogP contribution in [0.3, 0.4) is 0 Å². The monoisotopic (exact) mass is 197 g/mol. The van der Waals surface area contributed by atoms with Gasteiger partial charge in [0.2, 0.25) is 0 Å². The number of nitrogens with one attached hydrogen (secondary N) is 1. The van der Waals surface area contributed by atoms with Crippen LogP contribution in [0.5, 0.6) is 0 Å². The van der Waals surface area contributed by atoms with Crippen LogP contribution >= 0.6 is 0 Å². The smallest absolute Gasteiger partial charge is 0.0485 e. The summed E-state index contributed by atoms with van der Waals surface area (Å²) in [4.78, 5) is 3.31. The summed E-state index contributed by atoms with van der Waals surface area (Å²) in [6.45, 7) is 0. The van der Waals surface area contributed by atoms with Gasteiger partial charge in [0.1, 0.15) is 0 Å². The molecule has 3 heteroatoms. The molecule has 2 aromatic carbocycles. The SMILES string of the molecule is Nc1ccc2[nH]c3cccc(N)c3c2c1. The van der Waals surface area contributed by atoms with E-state index in [1.54, 1.807) is 0 Å². The molecule has 0 saturated carbocycles. The molecule has 0 atom stereocenters. The Labute approximate surface area is 86.7 Å². The van der Waals surface area contributed by atoms with Crippen LogP contribution in [0.2, 0.25) is 0 Å². The predicted octanol–water partition coefficient (Wildman–Crippen LogP) is 2.49. The summed E-state index contributed by atoms with van der Waals surface area (Å²) in [5.74, 6) is 0. The third kappa shape index (κ3) is 1.06. The van der Waals surface area contributed by atoms with Crippen LogP contribution in [0, 0.1) is 0 Å². The first kappa shape index (κ1) is 8.17. The van der Waals surface area contributed by atoms with Crippen LogP contribution < -0.4 is 11.5 Å². The van der Waals surface area contributed by atoms with E-state index >= 15 is 0 Å². The second kappa shape index (κ2) is 2.67. The van der Waals surface area contributed by atoms with Crippen molar-refractivity contribution >= 4 is 33.2 Å². The molecule has 3 aromatic rings. The molecule has 0 aliphatic rings. The van der Waals surface area contributed by atoms with Gasteiger partial charge in [-0.1, -0.05) is 6.07 Å². The molecule has 0 spiro atoms. The van der Waals surface area contributed by atoms with Crippen molar-refractivity contribution in [2.45, 2.75) is 0 Å². The summed E-state index contributed by atoms with van der Waals surface area (Å²) in [6.07, 6.45) is 0. The highest BCUT2D eigenvalue weighted by Gasteiger charge is 2.06. The minimum absolute atomic E-state index is 0.756. The number of hydrogen-bond acceptors (Lipinski definition) is 2. The van der Waals surface area contributed by atoms with E-state index in [1.165, 1.54) is 0 Å². The lowest BCUT2D eigenvalue weighted by Crippen LogP contribution is -1.85. The molecule has 3 rings (SSSR count). The number of benzene rings is 2. The fourth-order valence-electron chi connectivity index (χ4n) is 2.00. The van der Waals surface area contributed by atoms with Crippen molar-refractivity contribution in [3.8, 4) is 0 Å². The molecule has 0 unspecified atom stereocenters. The van der Waals surface area contributed by atoms with Crippen molar-refractivity contribution in [3.63, 3.8) is 0 Å². The maximum atomic E-state index is 5.96. The molecule has 74 valence electrons. The zero-order valence-corrected chi connectivity index (χ0v) is 8.12. The van der Waals surface area contributed by atoms with E-state index in [4.69, 9.17) is 11.5 Å². The maximum Gasteiger partial charge on any atom is 0.0485 e. The number of aromatic nitrogens is 1. The Morgan fingerprint density at radius 2 is 1.80 bits per heavy atom. The first-order valence-electron chi connectivity index (χ1n) is 4.81. The van der Waals surface area contributed by atoms with E-state index in [9.17, 15) is 0 Å². The van der Waals surface area contributed by atoms with Crippen molar-refractivity contribution in [1.29, 1.82) is 0 Å². The molecule has 0 radical (unpaired) electrons. The quantitative estimate of drug-likeness (QED) is 0.484. The average Bonchev–Trinajstić information content (AvgIpc) is 2.57. The van der Waals surface area contributed by atoms with E-state index in [2.05, 4.69) is 4.98 Å². The molecule has 0 aliphatic carbocycles. The van der Waals surface area contributed by atoms with E-state index in [1.807, 2.05) is 36.4 Å². The zero-order chi connectivity index (χ0) is 10.4. The van der Waals surface area contributed by atoms with Crippen molar-refractivity contribution in [2.24, 2.45) is 0 Å². The standard InChI is InChI=1S/C12H11N3/c13-7-4-5-10-8(6-7)12-9(14)2-1-3-11(12)15-10/h1-6,15H,13-14H2. The van der Waals surface area contributed by atoms with Crippen LogP contribution in [0.4, 0.5) is 11.4 Å². The van der Waals surface area contributed by atoms with Crippen LogP contribution in [0.1, 0.15) is 0 Å². The van der Waals surface area contributed by atoms with Gasteiger partial charge >= 0.3 is 0 Å². The fraction of sp³-hybridized carbons (Fsp3) is 0. The molecule has 5 N–H and O–H groups in total. The van der Waals surface area contributed by atoms with Gasteiger partial charge in [-0.05, 0) is 30.3 Å². The zero-order valence-electron chi connectivity index (χ0n) is 8.12. The topological polar surface area (TPSA) is 67.8 Å².